The molecule has 0 radical (unpaired) electrons. The Kier molecular flexibility index (Phi) is 2.84. The Bertz CT molecular complexity index is 441. The normalized spacial score (nSPS) is 10.7. The monoisotopic (exact) mass is 196 g/mol. The average molecular weight is 196 g/mol. The molecule has 0 aromatic heterocycles. The first kappa shape index (κ1) is 9.53. The van der Waals surface area contributed by atoms with E-state index in [-0.39, 0.29) is 0 Å². The standard InChI is InChI=1S/C14H12O/c15-14-10-8-13(9-11-14)7-6-12-4-2-1-3-5-12/h1-11,15H/b7-6+. The molecule has 0 saturated heterocycles. The second-order valence-electron chi connectivity index (χ2n) is 3.34. The van der Waals surface area contributed by atoms with Crippen LogP contribution in [-0.2, 0) is 0 Å². The predicted octanol–water partition coefficient (Wildman–Crippen LogP) is 3.56. The van der Waals surface area contributed by atoms with Crippen molar-refractivity contribution in [3.8, 4) is 5.75 Å². The quantitative estimate of drug-likeness (QED) is 0.728. The summed E-state index contributed by atoms with van der Waals surface area (Å²) in [5.74, 6) is 0.298. The second kappa shape index (κ2) is 4.47. The minimum absolute atomic E-state index is 0.298. The van der Waals surface area contributed by atoms with Crippen LogP contribution >= 0.6 is 0 Å². The van der Waals surface area contributed by atoms with Gasteiger partial charge in [-0.2, -0.15) is 0 Å². The molecule has 1 nitrogen and oxygen atoms in total. The molecule has 0 fully saturated rings. The van der Waals surface area contributed by atoms with E-state index in [0.717, 1.165) is 5.56 Å². The number of hydrogen-bond donors (Lipinski definition) is 1. The molecule has 0 bridgehead atoms. The number of benzene rings is 2. The Labute approximate surface area is 89.3 Å². The average Bonchev–Trinajstić information content (AvgIpc) is 2.30. The van der Waals surface area contributed by atoms with E-state index in [1.54, 1.807) is 12.1 Å². The van der Waals surface area contributed by atoms with Crippen LogP contribution in [0.4, 0.5) is 0 Å². The van der Waals surface area contributed by atoms with Gasteiger partial charge in [0.05, 0.1) is 0 Å². The van der Waals surface area contributed by atoms with E-state index < -0.39 is 0 Å². The zero-order valence-corrected chi connectivity index (χ0v) is 8.30. The van der Waals surface area contributed by atoms with Crippen LogP contribution in [0.5, 0.6) is 5.75 Å². The fourth-order valence-electron chi connectivity index (χ4n) is 1.34. The van der Waals surface area contributed by atoms with Gasteiger partial charge in [-0.1, -0.05) is 54.6 Å². The highest BCUT2D eigenvalue weighted by Crippen LogP contribution is 2.12. The summed E-state index contributed by atoms with van der Waals surface area (Å²) in [5, 5.41) is 9.12. The molecule has 0 amide bonds. The van der Waals surface area contributed by atoms with Gasteiger partial charge in [-0.05, 0) is 23.3 Å². The van der Waals surface area contributed by atoms with Crippen LogP contribution in [0.2, 0.25) is 0 Å². The Morgan fingerprint density at radius 1 is 0.667 bits per heavy atom. The minimum atomic E-state index is 0.298. The van der Waals surface area contributed by atoms with Gasteiger partial charge in [0.15, 0.2) is 0 Å². The molecular formula is C14H12O. The summed E-state index contributed by atoms with van der Waals surface area (Å²) in [7, 11) is 0. The highest BCUT2D eigenvalue weighted by atomic mass is 16.3. The third-order valence-corrected chi connectivity index (χ3v) is 2.16. The van der Waals surface area contributed by atoms with E-state index in [2.05, 4.69) is 12.1 Å². The molecule has 0 unspecified atom stereocenters. The summed E-state index contributed by atoms with van der Waals surface area (Å²) in [6.07, 6.45) is 4.07. The Morgan fingerprint density at radius 3 is 1.80 bits per heavy atom. The summed E-state index contributed by atoms with van der Waals surface area (Å²) in [4.78, 5) is 0. The molecule has 0 atom stereocenters. The summed E-state index contributed by atoms with van der Waals surface area (Å²) in [5.41, 5.74) is 2.25. The molecule has 2 aromatic carbocycles. The van der Waals surface area contributed by atoms with Crippen molar-refractivity contribution in [2.24, 2.45) is 0 Å². The number of phenolic OH excluding ortho intramolecular Hbond substituents is 1. The van der Waals surface area contributed by atoms with Crippen molar-refractivity contribution in [2.45, 2.75) is 0 Å². The second-order valence-corrected chi connectivity index (χ2v) is 3.34. The summed E-state index contributed by atoms with van der Waals surface area (Å²) in [6.45, 7) is 0. The summed E-state index contributed by atoms with van der Waals surface area (Å²) < 4.78 is 0. The van der Waals surface area contributed by atoms with Crippen LogP contribution in [0.3, 0.4) is 0 Å². The predicted molar refractivity (Wildman–Crippen MR) is 63.5 cm³/mol. The van der Waals surface area contributed by atoms with Gasteiger partial charge in [0.25, 0.3) is 0 Å². The first-order valence-corrected chi connectivity index (χ1v) is 4.87. The minimum Gasteiger partial charge on any atom is -0.508 e. The molecule has 0 aliphatic rings. The van der Waals surface area contributed by atoms with Crippen LogP contribution in [-0.4, -0.2) is 5.11 Å². The maximum atomic E-state index is 9.12. The van der Waals surface area contributed by atoms with Crippen molar-refractivity contribution in [1.82, 2.24) is 0 Å². The van der Waals surface area contributed by atoms with Crippen molar-refractivity contribution >= 4 is 12.2 Å². The maximum absolute atomic E-state index is 9.12. The number of phenols is 1. The molecule has 1 heteroatoms. The topological polar surface area (TPSA) is 20.2 Å². The van der Waals surface area contributed by atoms with Crippen LogP contribution in [0.1, 0.15) is 11.1 Å². The molecule has 2 rings (SSSR count). The third kappa shape index (κ3) is 2.71. The fraction of sp³-hybridized carbons (Fsp3) is 0. The lowest BCUT2D eigenvalue weighted by molar-refractivity contribution is 0.475. The number of aromatic hydroxyl groups is 1. The number of rotatable bonds is 2. The Balaban J connectivity index is 2.15. The Morgan fingerprint density at radius 2 is 1.20 bits per heavy atom. The zero-order valence-electron chi connectivity index (χ0n) is 8.30. The van der Waals surface area contributed by atoms with E-state index in [4.69, 9.17) is 5.11 Å². The summed E-state index contributed by atoms with van der Waals surface area (Å²) in [6, 6.07) is 17.3. The maximum Gasteiger partial charge on any atom is 0.115 e. The molecule has 74 valence electrons. The molecule has 15 heavy (non-hydrogen) atoms. The molecule has 0 aliphatic heterocycles. The lowest BCUT2D eigenvalue weighted by atomic mass is 10.1. The highest BCUT2D eigenvalue weighted by Gasteiger charge is 1.88. The SMILES string of the molecule is Oc1ccc(/C=C/c2ccccc2)cc1. The third-order valence-electron chi connectivity index (χ3n) is 2.16. The van der Waals surface area contributed by atoms with Gasteiger partial charge in [0.1, 0.15) is 5.75 Å². The molecular weight excluding hydrogens is 184 g/mol. The van der Waals surface area contributed by atoms with Gasteiger partial charge in [-0.3, -0.25) is 0 Å². The lowest BCUT2D eigenvalue weighted by Crippen LogP contribution is -1.71. The van der Waals surface area contributed by atoms with Gasteiger partial charge in [0, 0.05) is 0 Å². The Hall–Kier alpha value is -2.02. The van der Waals surface area contributed by atoms with E-state index in [9.17, 15) is 0 Å². The van der Waals surface area contributed by atoms with Crippen molar-refractivity contribution < 1.29 is 5.11 Å². The van der Waals surface area contributed by atoms with E-state index in [1.807, 2.05) is 42.5 Å². The van der Waals surface area contributed by atoms with Crippen LogP contribution < -0.4 is 0 Å². The van der Waals surface area contributed by atoms with Crippen LogP contribution in [0, 0.1) is 0 Å². The first-order chi connectivity index (χ1) is 7.34. The smallest absolute Gasteiger partial charge is 0.115 e. The lowest BCUT2D eigenvalue weighted by Gasteiger charge is -1.94. The van der Waals surface area contributed by atoms with Gasteiger partial charge in [0.2, 0.25) is 0 Å². The van der Waals surface area contributed by atoms with Crippen molar-refractivity contribution in [3.05, 3.63) is 65.7 Å². The first-order valence-electron chi connectivity index (χ1n) is 4.87. The van der Waals surface area contributed by atoms with E-state index >= 15 is 0 Å². The van der Waals surface area contributed by atoms with E-state index in [1.165, 1.54) is 5.56 Å². The van der Waals surface area contributed by atoms with Crippen molar-refractivity contribution in [3.63, 3.8) is 0 Å². The number of hydrogen-bond acceptors (Lipinski definition) is 1. The van der Waals surface area contributed by atoms with Crippen LogP contribution in [0.25, 0.3) is 12.2 Å². The highest BCUT2D eigenvalue weighted by molar-refractivity contribution is 5.69. The zero-order chi connectivity index (χ0) is 10.5. The molecule has 2 aromatic rings. The molecule has 1 N–H and O–H groups in total. The van der Waals surface area contributed by atoms with Gasteiger partial charge in [-0.15, -0.1) is 0 Å². The molecule has 0 saturated carbocycles. The van der Waals surface area contributed by atoms with Gasteiger partial charge >= 0.3 is 0 Å². The van der Waals surface area contributed by atoms with Crippen LogP contribution in [0.15, 0.2) is 54.6 Å². The molecule has 0 spiro atoms. The van der Waals surface area contributed by atoms with Gasteiger partial charge < -0.3 is 5.11 Å². The van der Waals surface area contributed by atoms with Gasteiger partial charge in [-0.25, -0.2) is 0 Å². The van der Waals surface area contributed by atoms with Crippen molar-refractivity contribution in [2.75, 3.05) is 0 Å². The molecule has 0 aliphatic carbocycles. The largest absolute Gasteiger partial charge is 0.508 e. The van der Waals surface area contributed by atoms with Crippen molar-refractivity contribution in [1.29, 1.82) is 0 Å². The summed E-state index contributed by atoms with van der Waals surface area (Å²) >= 11 is 0. The molecule has 0 heterocycles. The van der Waals surface area contributed by atoms with E-state index in [0.29, 0.717) is 5.75 Å². The fourth-order valence-corrected chi connectivity index (χ4v) is 1.34.